The van der Waals surface area contributed by atoms with Gasteiger partial charge in [0.2, 0.25) is 0 Å². The van der Waals surface area contributed by atoms with E-state index in [2.05, 4.69) is 10.0 Å². The number of halogens is 1. The summed E-state index contributed by atoms with van der Waals surface area (Å²) >= 11 is 5.85. The van der Waals surface area contributed by atoms with Crippen molar-refractivity contribution < 1.29 is 9.90 Å². The number of carboxylic acids is 1. The van der Waals surface area contributed by atoms with Crippen LogP contribution in [0.1, 0.15) is 23.6 Å². The molecule has 1 aromatic rings. The van der Waals surface area contributed by atoms with Crippen molar-refractivity contribution in [2.45, 2.75) is 19.4 Å². The summed E-state index contributed by atoms with van der Waals surface area (Å²) in [5.41, 5.74) is 9.85. The number of aliphatic carboxylic acids is 1. The molecule has 1 N–H and O–H groups in total. The van der Waals surface area contributed by atoms with E-state index in [1.165, 1.54) is 0 Å². The highest BCUT2D eigenvalue weighted by molar-refractivity contribution is 6.31. The smallest absolute Gasteiger partial charge is 0.304 e. The third-order valence-electron chi connectivity index (χ3n) is 2.13. The monoisotopic (exact) mass is 239 g/mol. The van der Waals surface area contributed by atoms with Crippen molar-refractivity contribution in [2.75, 3.05) is 0 Å². The Morgan fingerprint density at radius 3 is 2.88 bits per heavy atom. The fourth-order valence-electron chi connectivity index (χ4n) is 1.33. The second kappa shape index (κ2) is 5.39. The Morgan fingerprint density at radius 2 is 2.38 bits per heavy atom. The minimum atomic E-state index is -1.01. The Labute approximate surface area is 97.3 Å². The van der Waals surface area contributed by atoms with Gasteiger partial charge in [-0.3, -0.25) is 4.79 Å². The van der Waals surface area contributed by atoms with E-state index in [0.717, 1.165) is 5.56 Å². The van der Waals surface area contributed by atoms with Gasteiger partial charge in [-0.1, -0.05) is 28.8 Å². The van der Waals surface area contributed by atoms with Crippen molar-refractivity contribution in [1.82, 2.24) is 0 Å². The lowest BCUT2D eigenvalue weighted by Gasteiger charge is -2.10. The Balaban J connectivity index is 3.05. The predicted octanol–water partition coefficient (Wildman–Crippen LogP) is 3.47. The third-order valence-corrected chi connectivity index (χ3v) is 2.55. The van der Waals surface area contributed by atoms with Crippen LogP contribution in [0.25, 0.3) is 10.4 Å². The molecule has 1 unspecified atom stereocenters. The SMILES string of the molecule is Cc1cc(C(CC(=O)O)N=[N+]=[N-])ccc1Cl. The molecule has 0 aliphatic heterocycles. The van der Waals surface area contributed by atoms with E-state index >= 15 is 0 Å². The maximum atomic E-state index is 10.6. The summed E-state index contributed by atoms with van der Waals surface area (Å²) in [5.74, 6) is -1.01. The lowest BCUT2D eigenvalue weighted by atomic mass is 10.0. The molecule has 0 aromatic heterocycles. The zero-order valence-electron chi connectivity index (χ0n) is 8.59. The largest absolute Gasteiger partial charge is 0.481 e. The van der Waals surface area contributed by atoms with Crippen molar-refractivity contribution in [3.8, 4) is 0 Å². The first-order valence-electron chi connectivity index (χ1n) is 4.56. The molecular weight excluding hydrogens is 230 g/mol. The average molecular weight is 240 g/mol. The first kappa shape index (κ1) is 12.4. The second-order valence-electron chi connectivity index (χ2n) is 3.33. The molecule has 84 valence electrons. The fourth-order valence-corrected chi connectivity index (χ4v) is 1.45. The van der Waals surface area contributed by atoms with Crippen molar-refractivity contribution >= 4 is 17.6 Å². The van der Waals surface area contributed by atoms with Crippen LogP contribution in [0.4, 0.5) is 0 Å². The molecule has 1 atom stereocenters. The van der Waals surface area contributed by atoms with Gasteiger partial charge in [0.05, 0.1) is 12.5 Å². The number of hydrogen-bond acceptors (Lipinski definition) is 2. The molecule has 6 heteroatoms. The molecule has 0 radical (unpaired) electrons. The van der Waals surface area contributed by atoms with Crippen LogP contribution in [-0.2, 0) is 4.79 Å². The Kier molecular flexibility index (Phi) is 4.17. The summed E-state index contributed by atoms with van der Waals surface area (Å²) in [5, 5.41) is 12.7. The van der Waals surface area contributed by atoms with Crippen LogP contribution < -0.4 is 0 Å². The summed E-state index contributed by atoms with van der Waals surface area (Å²) in [6, 6.07) is 4.36. The van der Waals surface area contributed by atoms with Gasteiger partial charge in [0.15, 0.2) is 0 Å². The molecule has 0 aliphatic rings. The van der Waals surface area contributed by atoms with Crippen LogP contribution in [0.15, 0.2) is 23.3 Å². The highest BCUT2D eigenvalue weighted by Crippen LogP contribution is 2.25. The first-order valence-corrected chi connectivity index (χ1v) is 4.94. The molecule has 0 saturated carbocycles. The van der Waals surface area contributed by atoms with E-state index in [9.17, 15) is 4.79 Å². The number of carboxylic acid groups (broad SMARTS) is 1. The highest BCUT2D eigenvalue weighted by Gasteiger charge is 2.14. The minimum absolute atomic E-state index is 0.231. The van der Waals surface area contributed by atoms with Crippen LogP contribution in [0.3, 0.4) is 0 Å². The number of benzene rings is 1. The summed E-state index contributed by atoms with van der Waals surface area (Å²) in [4.78, 5) is 13.2. The van der Waals surface area contributed by atoms with Crippen LogP contribution in [0.2, 0.25) is 5.02 Å². The van der Waals surface area contributed by atoms with E-state index in [1.54, 1.807) is 25.1 Å². The van der Waals surface area contributed by atoms with Gasteiger partial charge in [-0.15, -0.1) is 0 Å². The van der Waals surface area contributed by atoms with Gasteiger partial charge in [0, 0.05) is 9.93 Å². The lowest BCUT2D eigenvalue weighted by Crippen LogP contribution is -2.03. The normalized spacial score (nSPS) is 11.6. The van der Waals surface area contributed by atoms with Gasteiger partial charge in [-0.05, 0) is 29.6 Å². The number of rotatable bonds is 4. The van der Waals surface area contributed by atoms with E-state index in [-0.39, 0.29) is 6.42 Å². The number of nitrogens with zero attached hydrogens (tertiary/aromatic N) is 3. The van der Waals surface area contributed by atoms with Crippen LogP contribution >= 0.6 is 11.6 Å². The van der Waals surface area contributed by atoms with Crippen molar-refractivity contribution in [3.05, 3.63) is 44.8 Å². The molecule has 0 aliphatic carbocycles. The third kappa shape index (κ3) is 3.15. The lowest BCUT2D eigenvalue weighted by molar-refractivity contribution is -0.137. The molecule has 5 nitrogen and oxygen atoms in total. The quantitative estimate of drug-likeness (QED) is 0.495. The van der Waals surface area contributed by atoms with Crippen molar-refractivity contribution in [3.63, 3.8) is 0 Å². The van der Waals surface area contributed by atoms with Crippen LogP contribution in [-0.4, -0.2) is 11.1 Å². The number of hydrogen-bond donors (Lipinski definition) is 1. The molecule has 0 amide bonds. The number of azide groups is 1. The average Bonchev–Trinajstić information content (AvgIpc) is 2.21. The highest BCUT2D eigenvalue weighted by atomic mass is 35.5. The maximum Gasteiger partial charge on any atom is 0.304 e. The summed E-state index contributed by atoms with van der Waals surface area (Å²) in [6.45, 7) is 1.81. The molecule has 1 rings (SSSR count). The van der Waals surface area contributed by atoms with Crippen molar-refractivity contribution in [1.29, 1.82) is 0 Å². The van der Waals surface area contributed by atoms with E-state index < -0.39 is 12.0 Å². The molecule has 1 aromatic carbocycles. The molecule has 0 heterocycles. The zero-order valence-corrected chi connectivity index (χ0v) is 9.35. The van der Waals surface area contributed by atoms with Crippen LogP contribution in [0, 0.1) is 6.92 Å². The molecule has 0 saturated heterocycles. The summed E-state index contributed by atoms with van der Waals surface area (Å²) in [7, 11) is 0. The first-order chi connectivity index (χ1) is 7.54. The summed E-state index contributed by atoms with van der Waals surface area (Å²) < 4.78 is 0. The van der Waals surface area contributed by atoms with Gasteiger partial charge in [-0.25, -0.2) is 0 Å². The molecule has 0 bridgehead atoms. The second-order valence-corrected chi connectivity index (χ2v) is 3.73. The standard InChI is InChI=1S/C10H10ClN3O2/c1-6-4-7(2-3-8(6)11)9(13-14-12)5-10(15)16/h2-4,9H,5H2,1H3,(H,15,16). The van der Waals surface area contributed by atoms with Crippen molar-refractivity contribution in [2.24, 2.45) is 5.11 Å². The van der Waals surface area contributed by atoms with Gasteiger partial charge >= 0.3 is 5.97 Å². The molecule has 16 heavy (non-hydrogen) atoms. The van der Waals surface area contributed by atoms with E-state index in [4.69, 9.17) is 22.2 Å². The summed E-state index contributed by atoms with van der Waals surface area (Å²) in [6.07, 6.45) is -0.231. The van der Waals surface area contributed by atoms with E-state index in [1.807, 2.05) is 0 Å². The fraction of sp³-hybridized carbons (Fsp3) is 0.300. The van der Waals surface area contributed by atoms with Gasteiger partial charge < -0.3 is 5.11 Å². The van der Waals surface area contributed by atoms with Crippen LogP contribution in [0.5, 0.6) is 0 Å². The van der Waals surface area contributed by atoms with Gasteiger partial charge in [0.1, 0.15) is 0 Å². The molecule has 0 spiro atoms. The number of aryl methyl sites for hydroxylation is 1. The zero-order chi connectivity index (χ0) is 12.1. The Morgan fingerprint density at radius 1 is 1.69 bits per heavy atom. The number of carbonyl (C=O) groups is 1. The molecule has 0 fully saturated rings. The minimum Gasteiger partial charge on any atom is -0.481 e. The predicted molar refractivity (Wildman–Crippen MR) is 60.3 cm³/mol. The van der Waals surface area contributed by atoms with Gasteiger partial charge in [0.25, 0.3) is 0 Å². The Bertz CT molecular complexity index is 455. The van der Waals surface area contributed by atoms with Gasteiger partial charge in [-0.2, -0.15) is 0 Å². The van der Waals surface area contributed by atoms with E-state index in [0.29, 0.717) is 10.6 Å². The topological polar surface area (TPSA) is 86.1 Å². The molecular formula is C10H10ClN3O2. The maximum absolute atomic E-state index is 10.6. The Hall–Kier alpha value is -1.71.